The lowest BCUT2D eigenvalue weighted by Gasteiger charge is -2.21. The highest BCUT2D eigenvalue weighted by Crippen LogP contribution is 2.20. The van der Waals surface area contributed by atoms with Gasteiger partial charge in [0.15, 0.2) is 0 Å². The number of aryl methyl sites for hydroxylation is 1. The van der Waals surface area contributed by atoms with Crippen molar-refractivity contribution in [1.29, 1.82) is 0 Å². The molecule has 19 heavy (non-hydrogen) atoms. The summed E-state index contributed by atoms with van der Waals surface area (Å²) in [5.41, 5.74) is 3.43. The van der Waals surface area contributed by atoms with Crippen LogP contribution in [0.4, 0.5) is 10.1 Å². The van der Waals surface area contributed by atoms with E-state index in [4.69, 9.17) is 0 Å². The minimum absolute atomic E-state index is 0.353. The lowest BCUT2D eigenvalue weighted by molar-refractivity contribution is 0.112. The molecule has 2 nitrogen and oxygen atoms in total. The van der Waals surface area contributed by atoms with E-state index in [1.54, 1.807) is 6.07 Å². The number of hydrogen-bond donors (Lipinski definition) is 0. The smallest absolute Gasteiger partial charge is 0.150 e. The normalized spacial score (nSPS) is 10.3. The van der Waals surface area contributed by atoms with Crippen LogP contribution in [-0.2, 0) is 6.54 Å². The number of carbonyl (C=O) groups excluding carboxylic acids is 1. The second kappa shape index (κ2) is 5.65. The molecule has 0 saturated heterocycles. The monoisotopic (exact) mass is 257 g/mol. The van der Waals surface area contributed by atoms with E-state index >= 15 is 0 Å². The summed E-state index contributed by atoms with van der Waals surface area (Å²) in [6.07, 6.45) is 0.661. The van der Waals surface area contributed by atoms with Crippen molar-refractivity contribution in [2.75, 3.05) is 11.9 Å². The van der Waals surface area contributed by atoms with Crippen molar-refractivity contribution in [3.8, 4) is 0 Å². The molecule has 3 heteroatoms. The summed E-state index contributed by atoms with van der Waals surface area (Å²) in [6.45, 7) is 2.72. The van der Waals surface area contributed by atoms with Gasteiger partial charge in [0.05, 0.1) is 0 Å². The SMILES string of the molecule is Cc1ccccc1CN(C)c1cc(F)cc(C=O)c1. The van der Waals surface area contributed by atoms with E-state index in [9.17, 15) is 9.18 Å². The van der Waals surface area contributed by atoms with Gasteiger partial charge in [0.2, 0.25) is 0 Å². The number of carbonyl (C=O) groups is 1. The first-order valence-corrected chi connectivity index (χ1v) is 6.11. The van der Waals surface area contributed by atoms with Gasteiger partial charge >= 0.3 is 0 Å². The Labute approximate surface area is 112 Å². The maximum atomic E-state index is 13.4. The van der Waals surface area contributed by atoms with Gasteiger partial charge in [-0.3, -0.25) is 4.79 Å². The predicted molar refractivity (Wildman–Crippen MR) is 75.1 cm³/mol. The number of rotatable bonds is 4. The number of halogens is 1. The first-order chi connectivity index (χ1) is 9.10. The van der Waals surface area contributed by atoms with Crippen molar-refractivity contribution >= 4 is 12.0 Å². The fraction of sp³-hybridized carbons (Fsp3) is 0.188. The van der Waals surface area contributed by atoms with E-state index in [1.165, 1.54) is 23.3 Å². The van der Waals surface area contributed by atoms with Crippen LogP contribution in [0.2, 0.25) is 0 Å². The largest absolute Gasteiger partial charge is 0.370 e. The molecule has 0 fully saturated rings. The van der Waals surface area contributed by atoms with Crippen LogP contribution in [0.1, 0.15) is 21.5 Å². The molecule has 0 aromatic heterocycles. The molecule has 0 atom stereocenters. The molecule has 0 heterocycles. The number of hydrogen-bond acceptors (Lipinski definition) is 2. The van der Waals surface area contributed by atoms with Gasteiger partial charge in [-0.25, -0.2) is 4.39 Å². The van der Waals surface area contributed by atoms with Crippen molar-refractivity contribution in [1.82, 2.24) is 0 Å². The van der Waals surface area contributed by atoms with Crippen molar-refractivity contribution < 1.29 is 9.18 Å². The van der Waals surface area contributed by atoms with E-state index in [-0.39, 0.29) is 0 Å². The van der Waals surface area contributed by atoms with Crippen molar-refractivity contribution in [3.63, 3.8) is 0 Å². The first-order valence-electron chi connectivity index (χ1n) is 6.11. The van der Waals surface area contributed by atoms with Crippen molar-refractivity contribution in [2.24, 2.45) is 0 Å². The zero-order valence-corrected chi connectivity index (χ0v) is 11.1. The van der Waals surface area contributed by atoms with Crippen LogP contribution in [-0.4, -0.2) is 13.3 Å². The van der Waals surface area contributed by atoms with E-state index in [2.05, 4.69) is 0 Å². The Bertz CT molecular complexity index is 595. The van der Waals surface area contributed by atoms with Crippen LogP contribution in [0, 0.1) is 12.7 Å². The molecule has 0 amide bonds. The third-order valence-corrected chi connectivity index (χ3v) is 3.15. The number of nitrogens with zero attached hydrogens (tertiary/aromatic N) is 1. The summed E-state index contributed by atoms with van der Waals surface area (Å²) in [4.78, 5) is 12.7. The quantitative estimate of drug-likeness (QED) is 0.780. The molecule has 2 rings (SSSR count). The van der Waals surface area contributed by atoms with Crippen LogP contribution >= 0.6 is 0 Å². The summed E-state index contributed by atoms with van der Waals surface area (Å²) < 4.78 is 13.4. The topological polar surface area (TPSA) is 20.3 Å². The molecule has 0 aliphatic heterocycles. The summed E-state index contributed by atoms with van der Waals surface area (Å²) >= 11 is 0. The first kappa shape index (κ1) is 13.3. The second-order valence-corrected chi connectivity index (χ2v) is 4.64. The van der Waals surface area contributed by atoms with Gasteiger partial charge in [0, 0.05) is 24.8 Å². The summed E-state index contributed by atoms with van der Waals surface area (Å²) in [7, 11) is 1.88. The van der Waals surface area contributed by atoms with E-state index in [0.29, 0.717) is 24.1 Å². The molecule has 0 aliphatic carbocycles. The second-order valence-electron chi connectivity index (χ2n) is 4.64. The highest BCUT2D eigenvalue weighted by Gasteiger charge is 2.07. The highest BCUT2D eigenvalue weighted by molar-refractivity contribution is 5.77. The van der Waals surface area contributed by atoms with E-state index in [0.717, 1.165) is 0 Å². The Morgan fingerprint density at radius 3 is 2.63 bits per heavy atom. The van der Waals surface area contributed by atoms with Crippen LogP contribution in [0.15, 0.2) is 42.5 Å². The third-order valence-electron chi connectivity index (χ3n) is 3.15. The molecule has 0 saturated carbocycles. The average Bonchev–Trinajstić information content (AvgIpc) is 2.40. The Morgan fingerprint density at radius 2 is 1.95 bits per heavy atom. The van der Waals surface area contributed by atoms with Gasteiger partial charge < -0.3 is 4.90 Å². The third kappa shape index (κ3) is 3.19. The van der Waals surface area contributed by atoms with Gasteiger partial charge in [-0.1, -0.05) is 24.3 Å². The predicted octanol–water partition coefficient (Wildman–Crippen LogP) is 3.58. The Hall–Kier alpha value is -2.16. The Morgan fingerprint density at radius 1 is 1.21 bits per heavy atom. The van der Waals surface area contributed by atoms with Gasteiger partial charge in [-0.05, 0) is 36.2 Å². The van der Waals surface area contributed by atoms with Crippen LogP contribution in [0.3, 0.4) is 0 Å². The molecule has 2 aromatic carbocycles. The fourth-order valence-corrected chi connectivity index (χ4v) is 2.02. The molecule has 0 N–H and O–H groups in total. The zero-order valence-electron chi connectivity index (χ0n) is 11.1. The van der Waals surface area contributed by atoms with Gasteiger partial charge in [0.25, 0.3) is 0 Å². The fourth-order valence-electron chi connectivity index (χ4n) is 2.02. The van der Waals surface area contributed by atoms with Crippen molar-refractivity contribution in [2.45, 2.75) is 13.5 Å². The molecule has 0 bridgehead atoms. The maximum Gasteiger partial charge on any atom is 0.150 e. The average molecular weight is 257 g/mol. The standard InChI is InChI=1S/C16H16FNO/c1-12-5-3-4-6-14(12)10-18(2)16-8-13(11-19)7-15(17)9-16/h3-9,11H,10H2,1-2H3. The van der Waals surface area contributed by atoms with Gasteiger partial charge in [0.1, 0.15) is 12.1 Å². The molecule has 0 radical (unpaired) electrons. The molecule has 0 spiro atoms. The maximum absolute atomic E-state index is 13.4. The molecule has 98 valence electrons. The molecular formula is C16H16FNO. The zero-order chi connectivity index (χ0) is 13.8. The van der Waals surface area contributed by atoms with Crippen molar-refractivity contribution in [3.05, 3.63) is 65.0 Å². The van der Waals surface area contributed by atoms with Crippen LogP contribution in [0.5, 0.6) is 0 Å². The minimum Gasteiger partial charge on any atom is -0.370 e. The number of benzene rings is 2. The molecule has 0 aliphatic rings. The van der Waals surface area contributed by atoms with E-state index < -0.39 is 5.82 Å². The Kier molecular flexibility index (Phi) is 3.95. The van der Waals surface area contributed by atoms with Crippen LogP contribution in [0.25, 0.3) is 0 Å². The number of aldehydes is 1. The molecule has 2 aromatic rings. The van der Waals surface area contributed by atoms with Crippen LogP contribution < -0.4 is 4.90 Å². The lowest BCUT2D eigenvalue weighted by Crippen LogP contribution is -2.17. The highest BCUT2D eigenvalue weighted by atomic mass is 19.1. The minimum atomic E-state index is -0.392. The van der Waals surface area contributed by atoms with Gasteiger partial charge in [-0.2, -0.15) is 0 Å². The Balaban J connectivity index is 2.25. The lowest BCUT2D eigenvalue weighted by atomic mass is 10.1. The summed E-state index contributed by atoms with van der Waals surface area (Å²) in [5, 5.41) is 0. The molecule has 0 unspecified atom stereocenters. The summed E-state index contributed by atoms with van der Waals surface area (Å²) in [5.74, 6) is -0.392. The summed E-state index contributed by atoms with van der Waals surface area (Å²) in [6, 6.07) is 12.4. The van der Waals surface area contributed by atoms with E-state index in [1.807, 2.05) is 43.1 Å². The number of anilines is 1. The van der Waals surface area contributed by atoms with Gasteiger partial charge in [-0.15, -0.1) is 0 Å². The molecular weight excluding hydrogens is 241 g/mol.